The molecule has 0 heterocycles. The number of carbonyl (C=O) groups is 1. The molecule has 0 aromatic heterocycles. The Bertz CT molecular complexity index is 789. The minimum absolute atomic E-state index is 0.105. The van der Waals surface area contributed by atoms with E-state index in [4.69, 9.17) is 4.74 Å². The lowest BCUT2D eigenvalue weighted by Gasteiger charge is -2.12. The molecule has 0 atom stereocenters. The van der Waals surface area contributed by atoms with Crippen LogP contribution < -0.4 is 14.8 Å². The maximum atomic E-state index is 12.2. The fraction of sp³-hybridized carbons (Fsp3) is 0.188. The molecule has 1 amide bonds. The van der Waals surface area contributed by atoms with Gasteiger partial charge in [0, 0.05) is 13.5 Å². The molecule has 2 aromatic rings. The lowest BCUT2D eigenvalue weighted by atomic mass is 10.2. The van der Waals surface area contributed by atoms with Crippen LogP contribution >= 0.6 is 0 Å². The molecule has 7 heteroatoms. The van der Waals surface area contributed by atoms with Crippen LogP contribution in [0.15, 0.2) is 53.4 Å². The molecule has 2 rings (SSSR count). The Kier molecular flexibility index (Phi) is 5.36. The van der Waals surface area contributed by atoms with E-state index in [1.165, 1.54) is 26.2 Å². The molecule has 0 aliphatic carbocycles. The van der Waals surface area contributed by atoms with Crippen molar-refractivity contribution in [1.82, 2.24) is 4.72 Å². The third-order valence-corrected chi connectivity index (χ3v) is 4.51. The monoisotopic (exact) mass is 334 g/mol. The molecule has 23 heavy (non-hydrogen) atoms. The smallest absolute Gasteiger partial charge is 0.240 e. The minimum Gasteiger partial charge on any atom is -0.495 e. The number of rotatable bonds is 6. The van der Waals surface area contributed by atoms with Crippen LogP contribution in [0.3, 0.4) is 0 Å². The van der Waals surface area contributed by atoms with E-state index in [1.807, 2.05) is 0 Å². The maximum absolute atomic E-state index is 12.2. The van der Waals surface area contributed by atoms with Crippen LogP contribution in [-0.4, -0.2) is 21.4 Å². The van der Waals surface area contributed by atoms with Crippen LogP contribution in [0.1, 0.15) is 12.5 Å². The number of methoxy groups -OCH3 is 1. The Morgan fingerprint density at radius 3 is 2.43 bits per heavy atom. The van der Waals surface area contributed by atoms with Gasteiger partial charge in [-0.25, -0.2) is 13.1 Å². The molecule has 0 unspecified atom stereocenters. The SMILES string of the molecule is COc1ccc(CNS(=O)(=O)c2ccccc2)cc1NC(C)=O. The summed E-state index contributed by atoms with van der Waals surface area (Å²) in [6.45, 7) is 1.50. The van der Waals surface area contributed by atoms with Crippen molar-refractivity contribution >= 4 is 21.6 Å². The van der Waals surface area contributed by atoms with Crippen molar-refractivity contribution in [2.45, 2.75) is 18.4 Å². The van der Waals surface area contributed by atoms with Crippen molar-refractivity contribution in [3.05, 3.63) is 54.1 Å². The van der Waals surface area contributed by atoms with Gasteiger partial charge in [-0.15, -0.1) is 0 Å². The number of benzene rings is 2. The van der Waals surface area contributed by atoms with Gasteiger partial charge in [0.2, 0.25) is 15.9 Å². The Morgan fingerprint density at radius 2 is 1.83 bits per heavy atom. The van der Waals surface area contributed by atoms with E-state index in [9.17, 15) is 13.2 Å². The topological polar surface area (TPSA) is 84.5 Å². The highest BCUT2D eigenvalue weighted by atomic mass is 32.2. The van der Waals surface area contributed by atoms with Gasteiger partial charge >= 0.3 is 0 Å². The van der Waals surface area contributed by atoms with E-state index in [1.54, 1.807) is 36.4 Å². The zero-order valence-corrected chi connectivity index (χ0v) is 13.7. The summed E-state index contributed by atoms with van der Waals surface area (Å²) in [4.78, 5) is 11.4. The van der Waals surface area contributed by atoms with Gasteiger partial charge in [0.25, 0.3) is 0 Å². The van der Waals surface area contributed by atoms with Crippen molar-refractivity contribution in [2.75, 3.05) is 12.4 Å². The second-order valence-corrected chi connectivity index (χ2v) is 6.62. The molecular weight excluding hydrogens is 316 g/mol. The summed E-state index contributed by atoms with van der Waals surface area (Å²) in [5.74, 6) is 0.278. The highest BCUT2D eigenvalue weighted by molar-refractivity contribution is 7.89. The Balaban J connectivity index is 2.16. The Labute approximate surface area is 135 Å². The van der Waals surface area contributed by atoms with Crippen LogP contribution in [0.2, 0.25) is 0 Å². The summed E-state index contributed by atoms with van der Waals surface area (Å²) < 4.78 is 32.1. The first-order valence-electron chi connectivity index (χ1n) is 6.91. The third-order valence-electron chi connectivity index (χ3n) is 3.09. The fourth-order valence-corrected chi connectivity index (χ4v) is 3.05. The van der Waals surface area contributed by atoms with Crippen LogP contribution in [-0.2, 0) is 21.4 Å². The van der Waals surface area contributed by atoms with Gasteiger partial charge in [0.1, 0.15) is 5.75 Å². The van der Waals surface area contributed by atoms with Crippen LogP contribution in [0.5, 0.6) is 5.75 Å². The lowest BCUT2D eigenvalue weighted by molar-refractivity contribution is -0.114. The Morgan fingerprint density at radius 1 is 1.13 bits per heavy atom. The van der Waals surface area contributed by atoms with Crippen LogP contribution in [0.25, 0.3) is 0 Å². The van der Waals surface area contributed by atoms with Crippen molar-refractivity contribution in [3.63, 3.8) is 0 Å². The summed E-state index contributed by atoms with van der Waals surface area (Å²) >= 11 is 0. The summed E-state index contributed by atoms with van der Waals surface area (Å²) in [6.07, 6.45) is 0. The first kappa shape index (κ1) is 17.0. The molecule has 2 aromatic carbocycles. The molecule has 0 saturated heterocycles. The highest BCUT2D eigenvalue weighted by Crippen LogP contribution is 2.25. The van der Waals surface area contributed by atoms with E-state index in [-0.39, 0.29) is 17.3 Å². The number of anilines is 1. The molecule has 0 spiro atoms. The molecule has 2 N–H and O–H groups in total. The standard InChI is InChI=1S/C16H18N2O4S/c1-12(19)18-15-10-13(8-9-16(15)22-2)11-17-23(20,21)14-6-4-3-5-7-14/h3-10,17H,11H2,1-2H3,(H,18,19). The quantitative estimate of drug-likeness (QED) is 0.847. The van der Waals surface area contributed by atoms with Crippen LogP contribution in [0, 0.1) is 0 Å². The molecular formula is C16H18N2O4S. The van der Waals surface area contributed by atoms with E-state index in [0.29, 0.717) is 17.0 Å². The summed E-state index contributed by atoms with van der Waals surface area (Å²) in [5, 5.41) is 2.65. The van der Waals surface area contributed by atoms with Gasteiger partial charge in [-0.2, -0.15) is 0 Å². The number of sulfonamides is 1. The van der Waals surface area contributed by atoms with Gasteiger partial charge in [-0.3, -0.25) is 4.79 Å². The van der Waals surface area contributed by atoms with Gasteiger partial charge in [-0.1, -0.05) is 24.3 Å². The van der Waals surface area contributed by atoms with Gasteiger partial charge in [0.15, 0.2) is 0 Å². The number of hydrogen-bond acceptors (Lipinski definition) is 4. The van der Waals surface area contributed by atoms with Crippen molar-refractivity contribution in [3.8, 4) is 5.75 Å². The number of amides is 1. The zero-order chi connectivity index (χ0) is 16.9. The minimum atomic E-state index is -3.58. The maximum Gasteiger partial charge on any atom is 0.240 e. The van der Waals surface area contributed by atoms with Crippen molar-refractivity contribution in [2.24, 2.45) is 0 Å². The molecule has 0 bridgehead atoms. The molecule has 6 nitrogen and oxygen atoms in total. The Hall–Kier alpha value is -2.38. The number of hydrogen-bond donors (Lipinski definition) is 2. The predicted molar refractivity (Wildman–Crippen MR) is 87.8 cm³/mol. The van der Waals surface area contributed by atoms with Crippen molar-refractivity contribution in [1.29, 1.82) is 0 Å². The van der Waals surface area contributed by atoms with E-state index >= 15 is 0 Å². The van der Waals surface area contributed by atoms with Crippen LogP contribution in [0.4, 0.5) is 5.69 Å². The zero-order valence-electron chi connectivity index (χ0n) is 12.9. The van der Waals surface area contributed by atoms with Gasteiger partial charge in [-0.05, 0) is 29.8 Å². The summed E-state index contributed by atoms with van der Waals surface area (Å²) in [7, 11) is -2.08. The summed E-state index contributed by atoms with van der Waals surface area (Å²) in [6, 6.07) is 13.2. The van der Waals surface area contributed by atoms with Gasteiger partial charge < -0.3 is 10.1 Å². The van der Waals surface area contributed by atoms with E-state index < -0.39 is 10.0 Å². The predicted octanol–water partition coefficient (Wildman–Crippen LogP) is 2.13. The molecule has 0 aliphatic rings. The number of carbonyl (C=O) groups excluding carboxylic acids is 1. The second-order valence-electron chi connectivity index (χ2n) is 4.85. The lowest BCUT2D eigenvalue weighted by Crippen LogP contribution is -2.23. The molecule has 0 saturated carbocycles. The first-order chi connectivity index (χ1) is 10.9. The first-order valence-corrected chi connectivity index (χ1v) is 8.40. The van der Waals surface area contributed by atoms with Gasteiger partial charge in [0.05, 0.1) is 17.7 Å². The molecule has 0 aliphatic heterocycles. The molecule has 122 valence electrons. The van der Waals surface area contributed by atoms with E-state index in [0.717, 1.165) is 0 Å². The normalized spacial score (nSPS) is 11.0. The molecule has 0 radical (unpaired) electrons. The van der Waals surface area contributed by atoms with E-state index in [2.05, 4.69) is 10.0 Å². The third kappa shape index (κ3) is 4.54. The molecule has 0 fully saturated rings. The largest absolute Gasteiger partial charge is 0.495 e. The van der Waals surface area contributed by atoms with Crippen molar-refractivity contribution < 1.29 is 17.9 Å². The fourth-order valence-electron chi connectivity index (χ4n) is 2.01. The summed E-state index contributed by atoms with van der Waals surface area (Å²) in [5.41, 5.74) is 1.20. The average molecular weight is 334 g/mol. The highest BCUT2D eigenvalue weighted by Gasteiger charge is 2.13. The average Bonchev–Trinajstić information content (AvgIpc) is 2.53. The number of nitrogens with one attached hydrogen (secondary N) is 2. The number of ether oxygens (including phenoxy) is 1. The second kappa shape index (κ2) is 7.26.